The van der Waals surface area contributed by atoms with E-state index in [1.807, 2.05) is 12.1 Å². The largest absolute Gasteiger partial charge is 0.497 e. The van der Waals surface area contributed by atoms with Gasteiger partial charge >= 0.3 is 0 Å². The summed E-state index contributed by atoms with van der Waals surface area (Å²) in [4.78, 5) is 12.5. The summed E-state index contributed by atoms with van der Waals surface area (Å²) in [6.07, 6.45) is 6.88. The van der Waals surface area contributed by atoms with Gasteiger partial charge in [0.1, 0.15) is 34.2 Å². The molecule has 0 radical (unpaired) electrons. The zero-order valence-corrected chi connectivity index (χ0v) is 19.2. The topological polar surface area (TPSA) is 63.4 Å². The summed E-state index contributed by atoms with van der Waals surface area (Å²) in [6.45, 7) is 3.81. The fraction of sp³-hybridized carbons (Fsp3) is 0.360. The summed E-state index contributed by atoms with van der Waals surface area (Å²) in [7, 11) is 1.68. The molecule has 0 saturated carbocycles. The lowest BCUT2D eigenvalue weighted by atomic mass is 10.1. The lowest BCUT2D eigenvalue weighted by molar-refractivity contribution is 0.251. The Morgan fingerprint density at radius 2 is 1.78 bits per heavy atom. The second-order valence-corrected chi connectivity index (χ2v) is 9.05. The van der Waals surface area contributed by atoms with E-state index in [9.17, 15) is 0 Å². The number of rotatable bonds is 7. The van der Waals surface area contributed by atoms with E-state index in [2.05, 4.69) is 49.8 Å². The second kappa shape index (κ2) is 9.71. The van der Waals surface area contributed by atoms with Crippen molar-refractivity contribution in [3.63, 3.8) is 0 Å². The zero-order valence-electron chi connectivity index (χ0n) is 18.3. The molecule has 0 atom stereocenters. The molecule has 1 aliphatic rings. The predicted octanol–water partition coefficient (Wildman–Crippen LogP) is 5.95. The van der Waals surface area contributed by atoms with Crippen LogP contribution in [-0.4, -0.2) is 35.1 Å². The Labute approximate surface area is 192 Å². The van der Waals surface area contributed by atoms with Crippen molar-refractivity contribution in [2.45, 2.75) is 38.8 Å². The van der Waals surface area contributed by atoms with Gasteiger partial charge in [0.25, 0.3) is 0 Å². The molecular weight excluding hydrogens is 420 g/mol. The van der Waals surface area contributed by atoms with E-state index in [1.54, 1.807) is 24.8 Å². The third-order valence-electron chi connectivity index (χ3n) is 6.00. The van der Waals surface area contributed by atoms with Crippen molar-refractivity contribution in [1.29, 1.82) is 0 Å². The SMILES string of the molecule is COc1ccc(-c2csc3ncnc(NCc4ccc(CN5CCCCCC5)o4)c23)cc1. The van der Waals surface area contributed by atoms with Crippen LogP contribution >= 0.6 is 11.3 Å². The summed E-state index contributed by atoms with van der Waals surface area (Å²) < 4.78 is 11.4. The van der Waals surface area contributed by atoms with Crippen molar-refractivity contribution in [3.05, 3.63) is 59.6 Å². The smallest absolute Gasteiger partial charge is 0.139 e. The van der Waals surface area contributed by atoms with Crippen LogP contribution in [0.5, 0.6) is 5.75 Å². The van der Waals surface area contributed by atoms with Gasteiger partial charge in [0, 0.05) is 10.9 Å². The van der Waals surface area contributed by atoms with Gasteiger partial charge in [-0.15, -0.1) is 11.3 Å². The maximum atomic E-state index is 6.12. The molecule has 0 aliphatic carbocycles. The van der Waals surface area contributed by atoms with Crippen LogP contribution < -0.4 is 10.1 Å². The molecule has 6 nitrogen and oxygen atoms in total. The molecule has 1 aromatic carbocycles. The molecular formula is C25H28N4O2S. The third-order valence-corrected chi connectivity index (χ3v) is 6.88. The average molecular weight is 449 g/mol. The van der Waals surface area contributed by atoms with Crippen molar-refractivity contribution in [2.75, 3.05) is 25.5 Å². The lowest BCUT2D eigenvalue weighted by Gasteiger charge is -2.17. The number of nitrogens with zero attached hydrogens (tertiary/aromatic N) is 3. The first-order valence-corrected chi connectivity index (χ1v) is 12.1. The van der Waals surface area contributed by atoms with Crippen LogP contribution in [0.3, 0.4) is 0 Å². The van der Waals surface area contributed by atoms with E-state index < -0.39 is 0 Å². The molecule has 4 heterocycles. The number of nitrogens with one attached hydrogen (secondary N) is 1. The fourth-order valence-corrected chi connectivity index (χ4v) is 5.20. The van der Waals surface area contributed by atoms with Crippen molar-refractivity contribution in [3.8, 4) is 16.9 Å². The van der Waals surface area contributed by atoms with Gasteiger partial charge in [-0.2, -0.15) is 0 Å². The molecule has 1 fully saturated rings. The first-order valence-electron chi connectivity index (χ1n) is 11.2. The van der Waals surface area contributed by atoms with E-state index in [1.165, 1.54) is 38.8 Å². The summed E-state index contributed by atoms with van der Waals surface area (Å²) in [5, 5.41) is 6.65. The van der Waals surface area contributed by atoms with Gasteiger partial charge in [-0.05, 0) is 55.8 Å². The Morgan fingerprint density at radius 1 is 1.00 bits per heavy atom. The van der Waals surface area contributed by atoms with Crippen LogP contribution in [-0.2, 0) is 13.1 Å². The van der Waals surface area contributed by atoms with Gasteiger partial charge in [0.15, 0.2) is 0 Å². The molecule has 0 unspecified atom stereocenters. The Kier molecular flexibility index (Phi) is 6.36. The quantitative estimate of drug-likeness (QED) is 0.377. The molecule has 32 heavy (non-hydrogen) atoms. The Bertz CT molecular complexity index is 1160. The zero-order chi connectivity index (χ0) is 21.8. The number of anilines is 1. The number of likely N-dealkylation sites (tertiary alicyclic amines) is 1. The molecule has 0 amide bonds. The first kappa shape index (κ1) is 21.0. The summed E-state index contributed by atoms with van der Waals surface area (Å²) in [5.74, 6) is 3.62. The minimum atomic E-state index is 0.587. The number of furan rings is 1. The van der Waals surface area contributed by atoms with Crippen LogP contribution in [0.25, 0.3) is 21.3 Å². The molecule has 3 aromatic heterocycles. The van der Waals surface area contributed by atoms with Gasteiger partial charge in [-0.3, -0.25) is 4.90 Å². The highest BCUT2D eigenvalue weighted by Crippen LogP contribution is 2.37. The van der Waals surface area contributed by atoms with Crippen molar-refractivity contribution in [1.82, 2.24) is 14.9 Å². The molecule has 0 bridgehead atoms. The van der Waals surface area contributed by atoms with Crippen LogP contribution in [0, 0.1) is 0 Å². The van der Waals surface area contributed by atoms with Crippen molar-refractivity contribution in [2.24, 2.45) is 0 Å². The molecule has 0 spiro atoms. The molecule has 1 aliphatic heterocycles. The number of benzene rings is 1. The molecule has 1 saturated heterocycles. The van der Waals surface area contributed by atoms with E-state index in [0.29, 0.717) is 6.54 Å². The van der Waals surface area contributed by atoms with Crippen molar-refractivity contribution >= 4 is 27.4 Å². The fourth-order valence-electron chi connectivity index (χ4n) is 4.28. The molecule has 1 N–H and O–H groups in total. The second-order valence-electron chi connectivity index (χ2n) is 8.19. The predicted molar refractivity (Wildman–Crippen MR) is 129 cm³/mol. The van der Waals surface area contributed by atoms with Crippen LogP contribution in [0.15, 0.2) is 52.5 Å². The van der Waals surface area contributed by atoms with Crippen molar-refractivity contribution < 1.29 is 9.15 Å². The van der Waals surface area contributed by atoms with E-state index in [-0.39, 0.29) is 0 Å². The number of hydrogen-bond acceptors (Lipinski definition) is 7. The van der Waals surface area contributed by atoms with Gasteiger partial charge in [-0.25, -0.2) is 9.97 Å². The van der Waals surface area contributed by atoms with Gasteiger partial charge in [0.05, 0.1) is 25.6 Å². The number of fused-ring (bicyclic) bond motifs is 1. The lowest BCUT2D eigenvalue weighted by Crippen LogP contribution is -2.23. The number of aromatic nitrogens is 2. The highest BCUT2D eigenvalue weighted by atomic mass is 32.1. The van der Waals surface area contributed by atoms with Gasteiger partial charge in [0.2, 0.25) is 0 Å². The standard InChI is InChI=1S/C25H28N4O2S/c1-30-19-8-6-18(7-9-19)22-16-32-25-23(22)24(27-17-28-25)26-14-20-10-11-21(31-20)15-29-12-4-2-3-5-13-29/h6-11,16-17H,2-5,12-15H2,1H3,(H,26,27,28). The van der Waals surface area contributed by atoms with E-state index in [0.717, 1.165) is 51.0 Å². The number of thiophene rings is 1. The summed E-state index contributed by atoms with van der Waals surface area (Å²) in [6, 6.07) is 12.3. The maximum Gasteiger partial charge on any atom is 0.139 e. The van der Waals surface area contributed by atoms with Crippen LogP contribution in [0.1, 0.15) is 37.2 Å². The van der Waals surface area contributed by atoms with E-state index >= 15 is 0 Å². The summed E-state index contributed by atoms with van der Waals surface area (Å²) in [5.41, 5.74) is 2.24. The van der Waals surface area contributed by atoms with Gasteiger partial charge < -0.3 is 14.5 Å². The average Bonchev–Trinajstić information content (AvgIpc) is 3.38. The van der Waals surface area contributed by atoms with Crippen LogP contribution in [0.2, 0.25) is 0 Å². The Hall–Kier alpha value is -2.90. The molecule has 7 heteroatoms. The monoisotopic (exact) mass is 448 g/mol. The Balaban J connectivity index is 1.31. The Morgan fingerprint density at radius 3 is 2.56 bits per heavy atom. The normalized spacial score (nSPS) is 15.0. The van der Waals surface area contributed by atoms with Crippen LogP contribution in [0.4, 0.5) is 5.82 Å². The number of ether oxygens (including phenoxy) is 1. The number of methoxy groups -OCH3 is 1. The minimum Gasteiger partial charge on any atom is -0.497 e. The highest BCUT2D eigenvalue weighted by molar-refractivity contribution is 7.17. The number of hydrogen-bond donors (Lipinski definition) is 1. The highest BCUT2D eigenvalue weighted by Gasteiger charge is 2.15. The van der Waals surface area contributed by atoms with E-state index in [4.69, 9.17) is 9.15 Å². The van der Waals surface area contributed by atoms with Gasteiger partial charge in [-0.1, -0.05) is 25.0 Å². The molecule has 4 aromatic rings. The third kappa shape index (κ3) is 4.64. The molecule has 5 rings (SSSR count). The first-order chi connectivity index (χ1) is 15.8. The summed E-state index contributed by atoms with van der Waals surface area (Å²) >= 11 is 1.63. The molecule has 166 valence electrons. The maximum absolute atomic E-state index is 6.12. The minimum absolute atomic E-state index is 0.587.